The second kappa shape index (κ2) is 8.85. The van der Waals surface area contributed by atoms with Crippen LogP contribution in [0.15, 0.2) is 54.6 Å². The van der Waals surface area contributed by atoms with E-state index in [1.165, 1.54) is 0 Å². The molecule has 0 aliphatic carbocycles. The van der Waals surface area contributed by atoms with Gasteiger partial charge < -0.3 is 9.64 Å². The molecule has 1 amide bonds. The van der Waals surface area contributed by atoms with Gasteiger partial charge in [0.05, 0.1) is 0 Å². The summed E-state index contributed by atoms with van der Waals surface area (Å²) in [5.41, 5.74) is 2.68. The Morgan fingerprint density at radius 2 is 1.70 bits per heavy atom. The molecule has 2 atom stereocenters. The Labute approximate surface area is 196 Å². The van der Waals surface area contributed by atoms with E-state index >= 15 is 0 Å². The lowest BCUT2D eigenvalue weighted by molar-refractivity contribution is -0.0666. The molecule has 0 bridgehead atoms. The summed E-state index contributed by atoms with van der Waals surface area (Å²) in [6.45, 7) is 5.65. The standard InChI is InChI=1S/C26H32N2O4S/c1-20(28-15-5-8-24(33(28,30)31)22-6-3-2-4-7-22)21-9-11-23(12-10-21)25(29)27-18-26(19-27)13-16-32-17-14-26/h2-4,6-7,9-12,20,24H,5,8,13-19H2,1H3. The molecular formula is C26H32N2O4S. The number of hydrogen-bond donors (Lipinski definition) is 0. The van der Waals surface area contributed by atoms with Crippen LogP contribution in [0.1, 0.15) is 65.4 Å². The van der Waals surface area contributed by atoms with E-state index in [0.717, 1.165) is 56.7 Å². The highest BCUT2D eigenvalue weighted by Crippen LogP contribution is 2.41. The van der Waals surface area contributed by atoms with Crippen molar-refractivity contribution in [3.8, 4) is 0 Å². The molecule has 5 rings (SSSR count). The zero-order valence-electron chi connectivity index (χ0n) is 19.2. The van der Waals surface area contributed by atoms with Crippen molar-refractivity contribution in [1.29, 1.82) is 0 Å². The van der Waals surface area contributed by atoms with Crippen LogP contribution in [0.3, 0.4) is 0 Å². The first-order valence-corrected chi connectivity index (χ1v) is 13.4. The first-order valence-electron chi connectivity index (χ1n) is 11.9. The number of benzene rings is 2. The fraction of sp³-hybridized carbons (Fsp3) is 0.500. The number of carbonyl (C=O) groups excluding carboxylic acids is 1. The Bertz CT molecular complexity index is 1090. The molecule has 3 fully saturated rings. The van der Waals surface area contributed by atoms with Gasteiger partial charge in [-0.15, -0.1) is 0 Å². The van der Waals surface area contributed by atoms with Crippen LogP contribution in [0, 0.1) is 5.41 Å². The lowest BCUT2D eigenvalue weighted by Crippen LogP contribution is -2.60. The molecule has 3 aliphatic heterocycles. The van der Waals surface area contributed by atoms with Crippen molar-refractivity contribution in [1.82, 2.24) is 9.21 Å². The summed E-state index contributed by atoms with van der Waals surface area (Å²) in [5.74, 6) is 0.0565. The fourth-order valence-electron chi connectivity index (χ4n) is 5.57. The fourth-order valence-corrected chi connectivity index (χ4v) is 7.81. The van der Waals surface area contributed by atoms with Gasteiger partial charge in [-0.1, -0.05) is 42.5 Å². The van der Waals surface area contributed by atoms with Gasteiger partial charge in [-0.25, -0.2) is 8.42 Å². The molecule has 7 heteroatoms. The van der Waals surface area contributed by atoms with Gasteiger partial charge in [0.15, 0.2) is 0 Å². The van der Waals surface area contributed by atoms with Gasteiger partial charge in [-0.05, 0) is 55.9 Å². The van der Waals surface area contributed by atoms with Crippen molar-refractivity contribution in [2.24, 2.45) is 5.41 Å². The van der Waals surface area contributed by atoms with Gasteiger partial charge >= 0.3 is 0 Å². The van der Waals surface area contributed by atoms with E-state index in [9.17, 15) is 13.2 Å². The number of carbonyl (C=O) groups is 1. The lowest BCUT2D eigenvalue weighted by Gasteiger charge is -2.52. The second-order valence-corrected chi connectivity index (χ2v) is 11.8. The minimum absolute atomic E-state index is 0.0565. The average Bonchev–Trinajstić information content (AvgIpc) is 2.82. The minimum Gasteiger partial charge on any atom is -0.381 e. The number of hydrogen-bond acceptors (Lipinski definition) is 4. The summed E-state index contributed by atoms with van der Waals surface area (Å²) < 4.78 is 34.0. The third kappa shape index (κ3) is 4.22. The maximum Gasteiger partial charge on any atom is 0.253 e. The van der Waals surface area contributed by atoms with Crippen LogP contribution in [0.2, 0.25) is 0 Å². The zero-order chi connectivity index (χ0) is 23.1. The molecule has 0 aromatic heterocycles. The highest BCUT2D eigenvalue weighted by atomic mass is 32.2. The van der Waals surface area contributed by atoms with Crippen LogP contribution >= 0.6 is 0 Å². The highest BCUT2D eigenvalue weighted by Gasteiger charge is 2.46. The number of ether oxygens (including phenoxy) is 1. The number of rotatable bonds is 4. The predicted molar refractivity (Wildman–Crippen MR) is 127 cm³/mol. The Kier molecular flexibility index (Phi) is 6.05. The van der Waals surface area contributed by atoms with Crippen LogP contribution in [-0.4, -0.2) is 56.4 Å². The molecule has 33 heavy (non-hydrogen) atoms. The zero-order valence-corrected chi connectivity index (χ0v) is 20.0. The topological polar surface area (TPSA) is 66.9 Å². The van der Waals surface area contributed by atoms with Crippen molar-refractivity contribution in [3.63, 3.8) is 0 Å². The first-order chi connectivity index (χ1) is 15.9. The van der Waals surface area contributed by atoms with Gasteiger partial charge in [0.2, 0.25) is 10.0 Å². The van der Waals surface area contributed by atoms with E-state index in [0.29, 0.717) is 18.5 Å². The number of nitrogens with zero attached hydrogens (tertiary/aromatic N) is 2. The Hall–Kier alpha value is -2.22. The van der Waals surface area contributed by atoms with Gasteiger partial charge in [-0.3, -0.25) is 4.79 Å². The molecule has 0 N–H and O–H groups in total. The first kappa shape index (κ1) is 22.6. The predicted octanol–water partition coefficient (Wildman–Crippen LogP) is 4.17. The molecule has 3 aliphatic rings. The molecular weight excluding hydrogens is 436 g/mol. The molecule has 2 unspecified atom stereocenters. The van der Waals surface area contributed by atoms with Crippen LogP contribution < -0.4 is 0 Å². The maximum absolute atomic E-state index is 13.4. The summed E-state index contributed by atoms with van der Waals surface area (Å²) in [5, 5.41) is -0.500. The normalized spacial score (nSPS) is 25.4. The second-order valence-electron chi connectivity index (χ2n) is 9.77. The molecule has 3 saturated heterocycles. The van der Waals surface area contributed by atoms with E-state index in [-0.39, 0.29) is 17.4 Å². The number of amides is 1. The summed E-state index contributed by atoms with van der Waals surface area (Å²) in [7, 11) is -3.47. The third-order valence-corrected chi connectivity index (χ3v) is 10.0. The van der Waals surface area contributed by atoms with E-state index in [4.69, 9.17) is 4.74 Å². The molecule has 0 radical (unpaired) electrons. The Balaban J connectivity index is 1.27. The van der Waals surface area contributed by atoms with Crippen molar-refractivity contribution in [3.05, 3.63) is 71.3 Å². The molecule has 176 valence electrons. The van der Waals surface area contributed by atoms with Crippen molar-refractivity contribution >= 4 is 15.9 Å². The van der Waals surface area contributed by atoms with Crippen molar-refractivity contribution in [2.45, 2.75) is 43.9 Å². The maximum atomic E-state index is 13.4. The Morgan fingerprint density at radius 1 is 1.03 bits per heavy atom. The van der Waals surface area contributed by atoms with Gasteiger partial charge in [-0.2, -0.15) is 4.31 Å². The number of sulfonamides is 1. The summed E-state index contributed by atoms with van der Waals surface area (Å²) in [4.78, 5) is 14.8. The molecule has 1 spiro atoms. The van der Waals surface area contributed by atoms with Gasteiger partial charge in [0.25, 0.3) is 5.91 Å². The Morgan fingerprint density at radius 3 is 2.36 bits per heavy atom. The monoisotopic (exact) mass is 468 g/mol. The minimum atomic E-state index is -3.47. The summed E-state index contributed by atoms with van der Waals surface area (Å²) >= 11 is 0. The quantitative estimate of drug-likeness (QED) is 0.676. The van der Waals surface area contributed by atoms with Crippen LogP contribution in [0.25, 0.3) is 0 Å². The SMILES string of the molecule is CC(c1ccc(C(=O)N2CC3(CCOCC3)C2)cc1)N1CCCC(c2ccccc2)S1(=O)=O. The molecule has 6 nitrogen and oxygen atoms in total. The van der Waals surface area contributed by atoms with Crippen molar-refractivity contribution in [2.75, 3.05) is 32.8 Å². The molecule has 3 heterocycles. The van der Waals surface area contributed by atoms with Gasteiger partial charge in [0, 0.05) is 49.9 Å². The smallest absolute Gasteiger partial charge is 0.253 e. The van der Waals surface area contributed by atoms with Crippen LogP contribution in [-0.2, 0) is 14.8 Å². The van der Waals surface area contributed by atoms with E-state index in [1.54, 1.807) is 4.31 Å². The van der Waals surface area contributed by atoms with Crippen molar-refractivity contribution < 1.29 is 17.9 Å². The summed E-state index contributed by atoms with van der Waals surface area (Å²) in [6.07, 6.45) is 3.54. The highest BCUT2D eigenvalue weighted by molar-refractivity contribution is 7.89. The average molecular weight is 469 g/mol. The van der Waals surface area contributed by atoms with E-state index in [2.05, 4.69) is 0 Å². The number of likely N-dealkylation sites (tertiary alicyclic amines) is 1. The molecule has 0 saturated carbocycles. The third-order valence-electron chi connectivity index (χ3n) is 7.67. The van der Waals surface area contributed by atoms with E-state index < -0.39 is 15.3 Å². The van der Waals surface area contributed by atoms with Gasteiger partial charge in [0.1, 0.15) is 5.25 Å². The summed E-state index contributed by atoms with van der Waals surface area (Å²) in [6, 6.07) is 16.7. The lowest BCUT2D eigenvalue weighted by atomic mass is 9.73. The van der Waals surface area contributed by atoms with E-state index in [1.807, 2.05) is 66.4 Å². The molecule has 2 aromatic carbocycles. The van der Waals surface area contributed by atoms with Crippen LogP contribution in [0.5, 0.6) is 0 Å². The van der Waals surface area contributed by atoms with Crippen LogP contribution in [0.4, 0.5) is 0 Å². The largest absolute Gasteiger partial charge is 0.381 e. The molecule has 2 aromatic rings.